The standard InChI is InChI=1S/C15H25NO2/c1-5-8-18-14-7-6-13(15(9-14)17-4)11-16-10-12(2)3/h6-7,9,12,16H,5,8,10-11H2,1-4H3. The molecule has 0 aliphatic rings. The molecule has 0 fully saturated rings. The lowest BCUT2D eigenvalue weighted by Gasteiger charge is -2.13. The van der Waals surface area contributed by atoms with Crippen LogP contribution in [0.4, 0.5) is 0 Å². The molecular formula is C15H25NO2. The SMILES string of the molecule is CCCOc1ccc(CNCC(C)C)c(OC)c1. The largest absolute Gasteiger partial charge is 0.496 e. The highest BCUT2D eigenvalue weighted by Gasteiger charge is 2.05. The molecule has 0 unspecified atom stereocenters. The fourth-order valence-electron chi connectivity index (χ4n) is 1.68. The Morgan fingerprint density at radius 3 is 2.67 bits per heavy atom. The van der Waals surface area contributed by atoms with Gasteiger partial charge in [0.25, 0.3) is 0 Å². The Morgan fingerprint density at radius 1 is 1.28 bits per heavy atom. The Bertz CT molecular complexity index is 350. The molecule has 0 amide bonds. The summed E-state index contributed by atoms with van der Waals surface area (Å²) in [6.07, 6.45) is 1.01. The molecule has 0 saturated carbocycles. The van der Waals surface area contributed by atoms with Gasteiger partial charge in [-0.05, 0) is 24.9 Å². The fraction of sp³-hybridized carbons (Fsp3) is 0.600. The smallest absolute Gasteiger partial charge is 0.127 e. The third-order valence-corrected chi connectivity index (χ3v) is 2.60. The number of hydrogen-bond acceptors (Lipinski definition) is 3. The molecular weight excluding hydrogens is 226 g/mol. The number of benzene rings is 1. The minimum absolute atomic E-state index is 0.656. The summed E-state index contributed by atoms with van der Waals surface area (Å²) in [7, 11) is 1.70. The molecule has 0 atom stereocenters. The van der Waals surface area contributed by atoms with E-state index in [1.165, 1.54) is 5.56 Å². The van der Waals surface area contributed by atoms with Gasteiger partial charge < -0.3 is 14.8 Å². The summed E-state index contributed by atoms with van der Waals surface area (Å²) >= 11 is 0. The molecule has 0 aliphatic heterocycles. The third kappa shape index (κ3) is 4.96. The highest BCUT2D eigenvalue weighted by atomic mass is 16.5. The van der Waals surface area contributed by atoms with Gasteiger partial charge in [-0.2, -0.15) is 0 Å². The van der Waals surface area contributed by atoms with Crippen molar-refractivity contribution in [2.75, 3.05) is 20.3 Å². The van der Waals surface area contributed by atoms with Gasteiger partial charge in [0.2, 0.25) is 0 Å². The molecule has 0 aliphatic carbocycles. The molecule has 1 N–H and O–H groups in total. The van der Waals surface area contributed by atoms with Gasteiger partial charge in [0, 0.05) is 18.2 Å². The van der Waals surface area contributed by atoms with Crippen LogP contribution in [0.25, 0.3) is 0 Å². The maximum absolute atomic E-state index is 5.59. The summed E-state index contributed by atoms with van der Waals surface area (Å²) in [6.45, 7) is 9.08. The van der Waals surface area contributed by atoms with Gasteiger partial charge >= 0.3 is 0 Å². The normalized spacial score (nSPS) is 10.7. The van der Waals surface area contributed by atoms with Crippen LogP contribution in [0.5, 0.6) is 11.5 Å². The molecule has 18 heavy (non-hydrogen) atoms. The molecule has 3 nitrogen and oxygen atoms in total. The number of rotatable bonds is 8. The molecule has 0 radical (unpaired) electrons. The van der Waals surface area contributed by atoms with Crippen molar-refractivity contribution in [3.8, 4) is 11.5 Å². The second-order valence-corrected chi connectivity index (χ2v) is 4.85. The maximum Gasteiger partial charge on any atom is 0.127 e. The van der Waals surface area contributed by atoms with E-state index in [1.54, 1.807) is 7.11 Å². The second kappa shape index (κ2) is 7.98. The third-order valence-electron chi connectivity index (χ3n) is 2.60. The average molecular weight is 251 g/mol. The molecule has 0 saturated heterocycles. The lowest BCUT2D eigenvalue weighted by molar-refractivity contribution is 0.314. The summed E-state index contributed by atoms with van der Waals surface area (Å²) in [5.74, 6) is 2.42. The lowest BCUT2D eigenvalue weighted by Crippen LogP contribution is -2.19. The molecule has 1 aromatic carbocycles. The van der Waals surface area contributed by atoms with Crippen LogP contribution in [0.2, 0.25) is 0 Å². The Balaban J connectivity index is 2.61. The summed E-state index contributed by atoms with van der Waals surface area (Å²) in [4.78, 5) is 0. The van der Waals surface area contributed by atoms with Gasteiger partial charge in [0.1, 0.15) is 11.5 Å². The molecule has 1 rings (SSSR count). The number of hydrogen-bond donors (Lipinski definition) is 1. The predicted molar refractivity (Wildman–Crippen MR) is 75.3 cm³/mol. The first-order valence-corrected chi connectivity index (χ1v) is 6.67. The summed E-state index contributed by atoms with van der Waals surface area (Å²) in [5.41, 5.74) is 1.17. The molecule has 0 bridgehead atoms. The van der Waals surface area contributed by atoms with E-state index in [9.17, 15) is 0 Å². The lowest BCUT2D eigenvalue weighted by atomic mass is 10.1. The van der Waals surface area contributed by atoms with E-state index in [1.807, 2.05) is 12.1 Å². The highest BCUT2D eigenvalue weighted by molar-refractivity contribution is 5.40. The zero-order chi connectivity index (χ0) is 13.4. The first-order chi connectivity index (χ1) is 8.67. The minimum atomic E-state index is 0.656. The van der Waals surface area contributed by atoms with Crippen LogP contribution in [0, 0.1) is 5.92 Å². The number of nitrogens with one attached hydrogen (secondary N) is 1. The monoisotopic (exact) mass is 251 g/mol. The minimum Gasteiger partial charge on any atom is -0.496 e. The Labute approximate surface area is 110 Å². The van der Waals surface area contributed by atoms with Crippen LogP contribution in [-0.4, -0.2) is 20.3 Å². The van der Waals surface area contributed by atoms with E-state index in [0.29, 0.717) is 5.92 Å². The van der Waals surface area contributed by atoms with Crippen LogP contribution in [-0.2, 0) is 6.54 Å². The predicted octanol–water partition coefficient (Wildman–Crippen LogP) is 3.23. The molecule has 3 heteroatoms. The average Bonchev–Trinajstić information content (AvgIpc) is 2.36. The van der Waals surface area contributed by atoms with Crippen molar-refractivity contribution in [2.24, 2.45) is 5.92 Å². The topological polar surface area (TPSA) is 30.5 Å². The van der Waals surface area contributed by atoms with Gasteiger partial charge in [-0.3, -0.25) is 0 Å². The van der Waals surface area contributed by atoms with Crippen molar-refractivity contribution >= 4 is 0 Å². The van der Waals surface area contributed by atoms with E-state index in [4.69, 9.17) is 9.47 Å². The van der Waals surface area contributed by atoms with Crippen LogP contribution in [0.3, 0.4) is 0 Å². The number of ether oxygens (including phenoxy) is 2. The second-order valence-electron chi connectivity index (χ2n) is 4.85. The Kier molecular flexibility index (Phi) is 6.58. The van der Waals surface area contributed by atoms with E-state index >= 15 is 0 Å². The summed E-state index contributed by atoms with van der Waals surface area (Å²) in [5, 5.41) is 3.42. The van der Waals surface area contributed by atoms with E-state index in [-0.39, 0.29) is 0 Å². The molecule has 0 heterocycles. The van der Waals surface area contributed by atoms with Gasteiger partial charge in [0.15, 0.2) is 0 Å². The highest BCUT2D eigenvalue weighted by Crippen LogP contribution is 2.24. The van der Waals surface area contributed by atoms with Crippen molar-refractivity contribution in [3.63, 3.8) is 0 Å². The Morgan fingerprint density at radius 2 is 2.06 bits per heavy atom. The van der Waals surface area contributed by atoms with Crippen LogP contribution in [0.15, 0.2) is 18.2 Å². The van der Waals surface area contributed by atoms with Crippen LogP contribution < -0.4 is 14.8 Å². The molecule has 0 spiro atoms. The van der Waals surface area contributed by atoms with Crippen LogP contribution in [0.1, 0.15) is 32.8 Å². The Hall–Kier alpha value is -1.22. The fourth-order valence-corrected chi connectivity index (χ4v) is 1.68. The first-order valence-electron chi connectivity index (χ1n) is 6.67. The van der Waals surface area contributed by atoms with Gasteiger partial charge in [-0.15, -0.1) is 0 Å². The van der Waals surface area contributed by atoms with Crippen LogP contribution >= 0.6 is 0 Å². The van der Waals surface area contributed by atoms with Crippen molar-refractivity contribution in [2.45, 2.75) is 33.7 Å². The van der Waals surface area contributed by atoms with E-state index < -0.39 is 0 Å². The number of methoxy groups -OCH3 is 1. The van der Waals surface area contributed by atoms with Crippen molar-refractivity contribution in [1.29, 1.82) is 0 Å². The van der Waals surface area contributed by atoms with Gasteiger partial charge in [-0.25, -0.2) is 0 Å². The quantitative estimate of drug-likeness (QED) is 0.769. The summed E-state index contributed by atoms with van der Waals surface area (Å²) < 4.78 is 11.0. The van der Waals surface area contributed by atoms with E-state index in [2.05, 4.69) is 32.2 Å². The molecule has 1 aromatic rings. The van der Waals surface area contributed by atoms with E-state index in [0.717, 1.165) is 37.6 Å². The van der Waals surface area contributed by atoms with Crippen molar-refractivity contribution in [3.05, 3.63) is 23.8 Å². The molecule has 0 aromatic heterocycles. The van der Waals surface area contributed by atoms with Crippen molar-refractivity contribution < 1.29 is 9.47 Å². The zero-order valence-electron chi connectivity index (χ0n) is 12.0. The first kappa shape index (κ1) is 14.8. The summed E-state index contributed by atoms with van der Waals surface area (Å²) in [6, 6.07) is 6.03. The molecule has 102 valence electrons. The van der Waals surface area contributed by atoms with Gasteiger partial charge in [0.05, 0.1) is 13.7 Å². The van der Waals surface area contributed by atoms with Crippen molar-refractivity contribution in [1.82, 2.24) is 5.32 Å². The van der Waals surface area contributed by atoms with Gasteiger partial charge in [-0.1, -0.05) is 26.8 Å². The zero-order valence-corrected chi connectivity index (χ0v) is 12.0. The maximum atomic E-state index is 5.59.